The van der Waals surface area contributed by atoms with Crippen molar-refractivity contribution >= 4 is 39.2 Å². The first-order valence-corrected chi connectivity index (χ1v) is 9.76. The number of nitrogens with one attached hydrogen (secondary N) is 1. The van der Waals surface area contributed by atoms with Crippen LogP contribution < -0.4 is 5.32 Å². The van der Waals surface area contributed by atoms with Crippen LogP contribution in [0.25, 0.3) is 0 Å². The fourth-order valence-electron chi connectivity index (χ4n) is 2.45. The van der Waals surface area contributed by atoms with Crippen molar-refractivity contribution in [3.63, 3.8) is 0 Å². The van der Waals surface area contributed by atoms with Crippen molar-refractivity contribution in [1.82, 2.24) is 4.31 Å². The van der Waals surface area contributed by atoms with Gasteiger partial charge in [-0.1, -0.05) is 11.6 Å². The number of carbonyl (C=O) groups is 2. The molecule has 0 radical (unpaired) electrons. The Morgan fingerprint density at radius 3 is 2.56 bits per heavy atom. The molecule has 7 nitrogen and oxygen atoms in total. The number of carbonyl (C=O) groups excluding carboxylic acids is 2. The number of esters is 1. The summed E-state index contributed by atoms with van der Waals surface area (Å²) in [6, 6.07) is 3.69. The number of ether oxygens (including phenoxy) is 1. The molecule has 1 aromatic rings. The maximum absolute atomic E-state index is 13.0. The predicted molar refractivity (Wildman–Crippen MR) is 90.1 cm³/mol. The minimum atomic E-state index is -3.26. The lowest BCUT2D eigenvalue weighted by Gasteiger charge is -2.28. The molecule has 0 unspecified atom stereocenters. The maximum Gasteiger partial charge on any atom is 0.309 e. The number of benzene rings is 1. The minimum Gasteiger partial charge on any atom is -0.455 e. The number of hydrogen-bond acceptors (Lipinski definition) is 5. The quantitative estimate of drug-likeness (QED) is 0.769. The lowest BCUT2D eigenvalue weighted by molar-refractivity contribution is -0.152. The molecule has 0 spiro atoms. The highest BCUT2D eigenvalue weighted by Crippen LogP contribution is 2.21. The molecular weight excluding hydrogens is 375 g/mol. The molecule has 2 rings (SSSR count). The summed E-state index contributed by atoms with van der Waals surface area (Å²) in [5, 5.41) is 2.31. The van der Waals surface area contributed by atoms with Crippen LogP contribution in [0, 0.1) is 11.7 Å². The molecule has 1 amide bonds. The molecule has 0 saturated carbocycles. The summed E-state index contributed by atoms with van der Waals surface area (Å²) >= 11 is 5.61. The maximum atomic E-state index is 13.0. The van der Waals surface area contributed by atoms with Crippen molar-refractivity contribution in [2.45, 2.75) is 12.8 Å². The van der Waals surface area contributed by atoms with Gasteiger partial charge in [-0.15, -0.1) is 0 Å². The third kappa shape index (κ3) is 5.65. The molecule has 138 valence electrons. The average Bonchev–Trinajstić information content (AvgIpc) is 2.55. The molecule has 1 N–H and O–H groups in total. The fraction of sp³-hybridized carbons (Fsp3) is 0.467. The van der Waals surface area contributed by atoms with Crippen LogP contribution in [0.15, 0.2) is 18.2 Å². The highest BCUT2D eigenvalue weighted by molar-refractivity contribution is 7.88. The number of nitrogens with zero attached hydrogens (tertiary/aromatic N) is 1. The number of rotatable bonds is 5. The largest absolute Gasteiger partial charge is 0.455 e. The monoisotopic (exact) mass is 392 g/mol. The lowest BCUT2D eigenvalue weighted by Crippen LogP contribution is -2.40. The lowest BCUT2D eigenvalue weighted by atomic mass is 9.98. The number of piperidine rings is 1. The Morgan fingerprint density at radius 2 is 2.00 bits per heavy atom. The van der Waals surface area contributed by atoms with Crippen LogP contribution in [0.4, 0.5) is 10.1 Å². The van der Waals surface area contributed by atoms with Gasteiger partial charge in [0.05, 0.1) is 17.2 Å². The Hall–Kier alpha value is -1.71. The van der Waals surface area contributed by atoms with Gasteiger partial charge in [-0.25, -0.2) is 17.1 Å². The second-order valence-electron chi connectivity index (χ2n) is 5.72. The summed E-state index contributed by atoms with van der Waals surface area (Å²) in [7, 11) is -3.26. The smallest absolute Gasteiger partial charge is 0.309 e. The Labute approximate surface area is 150 Å². The molecule has 0 bridgehead atoms. The van der Waals surface area contributed by atoms with E-state index in [9.17, 15) is 22.4 Å². The first-order valence-electron chi connectivity index (χ1n) is 7.53. The molecule has 1 saturated heterocycles. The van der Waals surface area contributed by atoms with Crippen LogP contribution >= 0.6 is 11.6 Å². The van der Waals surface area contributed by atoms with Crippen LogP contribution in [0.3, 0.4) is 0 Å². The molecule has 0 aromatic heterocycles. The zero-order valence-electron chi connectivity index (χ0n) is 13.5. The number of hydrogen-bond donors (Lipinski definition) is 1. The molecule has 1 fully saturated rings. The zero-order chi connectivity index (χ0) is 18.6. The van der Waals surface area contributed by atoms with Gasteiger partial charge < -0.3 is 10.1 Å². The van der Waals surface area contributed by atoms with E-state index in [4.69, 9.17) is 16.3 Å². The van der Waals surface area contributed by atoms with Gasteiger partial charge in [0.2, 0.25) is 10.0 Å². The highest BCUT2D eigenvalue weighted by atomic mass is 35.5. The third-order valence-corrected chi connectivity index (χ3v) is 5.40. The SMILES string of the molecule is CS(=O)(=O)N1CCC(C(=O)OCC(=O)Nc2ccc(F)c(Cl)c2)CC1. The van der Waals surface area contributed by atoms with Gasteiger partial charge >= 0.3 is 5.97 Å². The van der Waals surface area contributed by atoms with E-state index in [1.807, 2.05) is 0 Å². The van der Waals surface area contributed by atoms with Gasteiger partial charge in [0.1, 0.15) is 5.82 Å². The predicted octanol–water partition coefficient (Wildman–Crippen LogP) is 1.63. The van der Waals surface area contributed by atoms with Crippen molar-refractivity contribution < 1.29 is 27.1 Å². The molecule has 1 aliphatic rings. The van der Waals surface area contributed by atoms with Crippen molar-refractivity contribution in [2.75, 3.05) is 31.3 Å². The molecule has 1 aliphatic heterocycles. The van der Waals surface area contributed by atoms with Gasteiger partial charge in [-0.05, 0) is 31.0 Å². The summed E-state index contributed by atoms with van der Waals surface area (Å²) in [5.41, 5.74) is 0.286. The van der Waals surface area contributed by atoms with Gasteiger partial charge in [0.15, 0.2) is 6.61 Å². The summed E-state index contributed by atoms with van der Waals surface area (Å²) < 4.78 is 42.2. The Morgan fingerprint density at radius 1 is 1.36 bits per heavy atom. The number of halogens is 2. The molecule has 10 heteroatoms. The van der Waals surface area contributed by atoms with Gasteiger partial charge in [0, 0.05) is 18.8 Å². The van der Waals surface area contributed by atoms with Crippen molar-refractivity contribution in [1.29, 1.82) is 0 Å². The van der Waals surface area contributed by atoms with Crippen molar-refractivity contribution in [3.05, 3.63) is 29.0 Å². The van der Waals surface area contributed by atoms with E-state index >= 15 is 0 Å². The molecular formula is C15H18ClFN2O5S. The summed E-state index contributed by atoms with van der Waals surface area (Å²) in [4.78, 5) is 23.7. The van der Waals surface area contributed by atoms with Crippen LogP contribution in [0.2, 0.25) is 5.02 Å². The Kier molecular flexibility index (Phi) is 6.36. The third-order valence-electron chi connectivity index (χ3n) is 3.81. The summed E-state index contributed by atoms with van der Waals surface area (Å²) in [6.07, 6.45) is 1.82. The minimum absolute atomic E-state index is 0.132. The van der Waals surface area contributed by atoms with E-state index in [1.165, 1.54) is 16.4 Å². The number of sulfonamides is 1. The first kappa shape index (κ1) is 19.6. The Balaban J connectivity index is 1.78. The molecule has 0 atom stereocenters. The summed E-state index contributed by atoms with van der Waals surface area (Å²) in [5.74, 6) is -2.16. The fourth-order valence-corrected chi connectivity index (χ4v) is 3.50. The summed E-state index contributed by atoms with van der Waals surface area (Å²) in [6.45, 7) is 0.0118. The normalized spacial score (nSPS) is 16.4. The van der Waals surface area contributed by atoms with Gasteiger partial charge in [-0.2, -0.15) is 0 Å². The molecule has 0 aliphatic carbocycles. The van der Waals surface area contributed by atoms with E-state index in [-0.39, 0.29) is 23.8 Å². The van der Waals surface area contributed by atoms with Crippen LogP contribution in [0.1, 0.15) is 12.8 Å². The van der Waals surface area contributed by atoms with E-state index in [0.29, 0.717) is 12.8 Å². The molecule has 25 heavy (non-hydrogen) atoms. The number of amides is 1. The van der Waals surface area contributed by atoms with Crippen LogP contribution in [0.5, 0.6) is 0 Å². The zero-order valence-corrected chi connectivity index (χ0v) is 15.1. The van der Waals surface area contributed by atoms with Crippen LogP contribution in [-0.4, -0.2) is 50.6 Å². The second-order valence-corrected chi connectivity index (χ2v) is 8.11. The topological polar surface area (TPSA) is 92.8 Å². The van der Waals surface area contributed by atoms with Crippen molar-refractivity contribution in [3.8, 4) is 0 Å². The van der Waals surface area contributed by atoms with E-state index in [1.54, 1.807) is 0 Å². The number of anilines is 1. The Bertz CT molecular complexity index is 763. The first-order chi connectivity index (χ1) is 11.7. The van der Waals surface area contributed by atoms with Crippen LogP contribution in [-0.2, 0) is 24.3 Å². The van der Waals surface area contributed by atoms with Gasteiger partial charge in [0.25, 0.3) is 5.91 Å². The average molecular weight is 393 g/mol. The standard InChI is InChI=1S/C15H18ClFN2O5S/c1-25(22,23)19-6-4-10(5-7-19)15(21)24-9-14(20)18-11-2-3-13(17)12(16)8-11/h2-3,8,10H,4-7,9H2,1H3,(H,18,20). The van der Waals surface area contributed by atoms with E-state index in [2.05, 4.69) is 5.32 Å². The highest BCUT2D eigenvalue weighted by Gasteiger charge is 2.30. The van der Waals surface area contributed by atoms with E-state index in [0.717, 1.165) is 12.3 Å². The van der Waals surface area contributed by atoms with E-state index < -0.39 is 40.2 Å². The van der Waals surface area contributed by atoms with Crippen molar-refractivity contribution in [2.24, 2.45) is 5.92 Å². The molecule has 1 heterocycles. The van der Waals surface area contributed by atoms with Gasteiger partial charge in [-0.3, -0.25) is 9.59 Å². The molecule has 1 aromatic carbocycles. The second kappa shape index (κ2) is 8.11.